The van der Waals surface area contributed by atoms with E-state index in [0.29, 0.717) is 6.42 Å². The first-order valence-electron chi connectivity index (χ1n) is 3.62. The number of carboxylic acid groups (broad SMARTS) is 1. The lowest BCUT2D eigenvalue weighted by molar-refractivity contribution is -0.159. The summed E-state index contributed by atoms with van der Waals surface area (Å²) >= 11 is 0. The van der Waals surface area contributed by atoms with Crippen molar-refractivity contribution in [1.29, 1.82) is 0 Å². The topological polar surface area (TPSA) is 37.3 Å². The zero-order chi connectivity index (χ0) is 8.28. The normalized spacial score (nSPS) is 45.1. The third kappa shape index (κ3) is 0.583. The first kappa shape index (κ1) is 7.00. The fourth-order valence-electron chi connectivity index (χ4n) is 2.12. The van der Waals surface area contributed by atoms with E-state index in [9.17, 15) is 13.6 Å². The van der Waals surface area contributed by atoms with Crippen LogP contribution in [0.2, 0.25) is 0 Å². The molecule has 2 fully saturated rings. The predicted molar refractivity (Wildman–Crippen MR) is 32.4 cm³/mol. The van der Waals surface area contributed by atoms with Crippen LogP contribution in [0.1, 0.15) is 19.3 Å². The first-order valence-corrected chi connectivity index (χ1v) is 3.62. The zero-order valence-corrected chi connectivity index (χ0v) is 5.81. The molecule has 4 heteroatoms. The Morgan fingerprint density at radius 3 is 2.36 bits per heavy atom. The highest BCUT2D eigenvalue weighted by molar-refractivity contribution is 5.80. The molecule has 0 radical (unpaired) electrons. The Bertz CT molecular complexity index is 226. The lowest BCUT2D eigenvalue weighted by Crippen LogP contribution is -2.34. The first-order chi connectivity index (χ1) is 5.01. The van der Waals surface area contributed by atoms with E-state index in [2.05, 4.69) is 0 Å². The van der Waals surface area contributed by atoms with Crippen LogP contribution in [0.4, 0.5) is 8.78 Å². The van der Waals surface area contributed by atoms with Crippen molar-refractivity contribution in [1.82, 2.24) is 0 Å². The molecule has 0 saturated heterocycles. The van der Waals surface area contributed by atoms with E-state index in [-0.39, 0.29) is 18.8 Å². The number of rotatable bonds is 1. The van der Waals surface area contributed by atoms with Crippen molar-refractivity contribution in [3.8, 4) is 0 Å². The van der Waals surface area contributed by atoms with E-state index in [4.69, 9.17) is 5.11 Å². The fraction of sp³-hybridized carbons (Fsp3) is 0.857. The van der Waals surface area contributed by atoms with E-state index in [1.165, 1.54) is 0 Å². The predicted octanol–water partition coefficient (Wildman–Crippen LogP) is 1.51. The minimum atomic E-state index is -2.95. The minimum absolute atomic E-state index is 0.176. The Morgan fingerprint density at radius 1 is 1.55 bits per heavy atom. The van der Waals surface area contributed by atoms with Crippen molar-refractivity contribution in [3.05, 3.63) is 0 Å². The molecule has 0 spiro atoms. The lowest BCUT2D eigenvalue weighted by atomic mass is 10.0. The number of fused-ring (bicyclic) bond motifs is 1. The third-order valence-corrected chi connectivity index (χ3v) is 2.95. The molecular formula is C7H8F2O2. The minimum Gasteiger partial charge on any atom is -0.481 e. The SMILES string of the molecule is O=C(O)C12CC1CCC2(F)F. The van der Waals surface area contributed by atoms with Gasteiger partial charge in [-0.25, -0.2) is 8.78 Å². The average molecular weight is 162 g/mol. The molecule has 62 valence electrons. The van der Waals surface area contributed by atoms with Gasteiger partial charge in [0.2, 0.25) is 0 Å². The number of hydrogen-bond acceptors (Lipinski definition) is 1. The largest absolute Gasteiger partial charge is 0.481 e. The molecular weight excluding hydrogens is 154 g/mol. The molecule has 2 nitrogen and oxygen atoms in total. The van der Waals surface area contributed by atoms with E-state index < -0.39 is 17.3 Å². The quantitative estimate of drug-likeness (QED) is 0.634. The molecule has 2 aliphatic carbocycles. The summed E-state index contributed by atoms with van der Waals surface area (Å²) in [6.45, 7) is 0. The summed E-state index contributed by atoms with van der Waals surface area (Å²) in [4.78, 5) is 10.5. The molecule has 0 aliphatic heterocycles. The van der Waals surface area contributed by atoms with Gasteiger partial charge >= 0.3 is 5.97 Å². The van der Waals surface area contributed by atoms with Gasteiger partial charge in [0.05, 0.1) is 0 Å². The van der Waals surface area contributed by atoms with Gasteiger partial charge in [0.15, 0.2) is 0 Å². The maximum atomic E-state index is 12.9. The molecule has 0 heterocycles. The van der Waals surface area contributed by atoms with Crippen LogP contribution in [0.15, 0.2) is 0 Å². The summed E-state index contributed by atoms with van der Waals surface area (Å²) in [6, 6.07) is 0. The van der Waals surface area contributed by atoms with E-state index in [1.54, 1.807) is 0 Å². The molecule has 2 aliphatic rings. The lowest BCUT2D eigenvalue weighted by Gasteiger charge is -2.17. The standard InChI is InChI=1S/C7H8F2O2/c8-7(9)2-1-4-3-6(4,7)5(10)11/h4H,1-3H2,(H,10,11). The molecule has 2 unspecified atom stereocenters. The second-order valence-corrected chi connectivity index (χ2v) is 3.42. The summed E-state index contributed by atoms with van der Waals surface area (Å²) < 4.78 is 25.8. The zero-order valence-electron chi connectivity index (χ0n) is 5.81. The van der Waals surface area contributed by atoms with Crippen LogP contribution >= 0.6 is 0 Å². The molecule has 0 aromatic rings. The Balaban J connectivity index is 2.35. The molecule has 2 saturated carbocycles. The second-order valence-electron chi connectivity index (χ2n) is 3.42. The third-order valence-electron chi connectivity index (χ3n) is 2.95. The Kier molecular flexibility index (Phi) is 0.997. The fourth-order valence-corrected chi connectivity index (χ4v) is 2.12. The van der Waals surface area contributed by atoms with Gasteiger partial charge in [0.1, 0.15) is 5.41 Å². The van der Waals surface area contributed by atoms with Crippen LogP contribution in [0.25, 0.3) is 0 Å². The van der Waals surface area contributed by atoms with Gasteiger partial charge in [-0.2, -0.15) is 0 Å². The van der Waals surface area contributed by atoms with Crippen LogP contribution in [-0.2, 0) is 4.79 Å². The average Bonchev–Trinajstić information content (AvgIpc) is 2.53. The van der Waals surface area contributed by atoms with Gasteiger partial charge < -0.3 is 5.11 Å². The Labute approximate surface area is 62.2 Å². The van der Waals surface area contributed by atoms with Crippen molar-refractivity contribution < 1.29 is 18.7 Å². The maximum Gasteiger partial charge on any atom is 0.316 e. The van der Waals surface area contributed by atoms with E-state index >= 15 is 0 Å². The number of carbonyl (C=O) groups is 1. The van der Waals surface area contributed by atoms with Crippen LogP contribution in [0.3, 0.4) is 0 Å². The van der Waals surface area contributed by atoms with Crippen LogP contribution in [0.5, 0.6) is 0 Å². The van der Waals surface area contributed by atoms with Crippen molar-refractivity contribution in [2.45, 2.75) is 25.2 Å². The summed E-state index contributed by atoms with van der Waals surface area (Å²) in [5, 5.41) is 8.57. The van der Waals surface area contributed by atoms with Crippen molar-refractivity contribution >= 4 is 5.97 Å². The Morgan fingerprint density at radius 2 is 2.18 bits per heavy atom. The van der Waals surface area contributed by atoms with Crippen LogP contribution in [-0.4, -0.2) is 17.0 Å². The highest BCUT2D eigenvalue weighted by Gasteiger charge is 2.77. The number of alkyl halides is 2. The molecule has 0 bridgehead atoms. The van der Waals surface area contributed by atoms with Crippen molar-refractivity contribution in [3.63, 3.8) is 0 Å². The second kappa shape index (κ2) is 1.57. The number of aliphatic carboxylic acids is 1. The highest BCUT2D eigenvalue weighted by atomic mass is 19.3. The summed E-state index contributed by atoms with van der Waals surface area (Å²) in [7, 11) is 0. The van der Waals surface area contributed by atoms with Gasteiger partial charge in [-0.3, -0.25) is 4.79 Å². The van der Waals surface area contributed by atoms with Crippen molar-refractivity contribution in [2.75, 3.05) is 0 Å². The van der Waals surface area contributed by atoms with Crippen LogP contribution < -0.4 is 0 Å². The van der Waals surface area contributed by atoms with Gasteiger partial charge in [0, 0.05) is 6.42 Å². The molecule has 1 N–H and O–H groups in total. The van der Waals surface area contributed by atoms with E-state index in [0.717, 1.165) is 0 Å². The molecule has 0 amide bonds. The smallest absolute Gasteiger partial charge is 0.316 e. The van der Waals surface area contributed by atoms with E-state index in [1.807, 2.05) is 0 Å². The van der Waals surface area contributed by atoms with Crippen LogP contribution in [0, 0.1) is 11.3 Å². The highest BCUT2D eigenvalue weighted by Crippen LogP contribution is 2.70. The monoisotopic (exact) mass is 162 g/mol. The summed E-state index contributed by atoms with van der Waals surface area (Å²) in [6.07, 6.45) is 0.304. The number of hydrogen-bond donors (Lipinski definition) is 1. The molecule has 0 aromatic heterocycles. The van der Waals surface area contributed by atoms with Gasteiger partial charge in [-0.15, -0.1) is 0 Å². The van der Waals surface area contributed by atoms with Gasteiger partial charge in [-0.1, -0.05) is 0 Å². The summed E-state index contributed by atoms with van der Waals surface area (Å²) in [5.41, 5.74) is -1.66. The summed E-state index contributed by atoms with van der Waals surface area (Å²) in [5.74, 6) is -4.52. The Hall–Kier alpha value is -0.670. The molecule has 2 rings (SSSR count). The van der Waals surface area contributed by atoms with Crippen molar-refractivity contribution in [2.24, 2.45) is 11.3 Å². The molecule has 11 heavy (non-hydrogen) atoms. The number of carboxylic acids is 1. The molecule has 2 atom stereocenters. The van der Waals surface area contributed by atoms with Gasteiger partial charge in [0.25, 0.3) is 5.92 Å². The molecule has 0 aromatic carbocycles. The van der Waals surface area contributed by atoms with Gasteiger partial charge in [-0.05, 0) is 18.8 Å². The maximum absolute atomic E-state index is 12.9. The number of halogens is 2.